The molecule has 1 heterocycles. The summed E-state index contributed by atoms with van der Waals surface area (Å²) in [7, 11) is 0. The molecule has 0 aromatic heterocycles. The van der Waals surface area contributed by atoms with E-state index in [4.69, 9.17) is 4.74 Å². The highest BCUT2D eigenvalue weighted by Crippen LogP contribution is 2.22. The molecule has 2 aromatic carbocycles. The van der Waals surface area contributed by atoms with Gasteiger partial charge in [-0.25, -0.2) is 9.38 Å². The van der Waals surface area contributed by atoms with E-state index < -0.39 is 0 Å². The maximum Gasteiger partial charge on any atom is 0.216 e. The third kappa shape index (κ3) is 3.64. The SMILES string of the molecule is Cc1ccc(C2=NCC(CSc3ccc(F)cc3)O2)cc1. The quantitative estimate of drug-likeness (QED) is 0.794. The van der Waals surface area contributed by atoms with Crippen molar-refractivity contribution in [1.82, 2.24) is 0 Å². The molecule has 1 atom stereocenters. The summed E-state index contributed by atoms with van der Waals surface area (Å²) in [5, 5.41) is 0. The minimum absolute atomic E-state index is 0.0800. The molecule has 4 heteroatoms. The molecule has 3 rings (SSSR count). The van der Waals surface area contributed by atoms with Gasteiger partial charge in [0.05, 0.1) is 6.54 Å². The molecule has 0 saturated carbocycles. The van der Waals surface area contributed by atoms with E-state index in [1.807, 2.05) is 12.1 Å². The molecule has 0 aliphatic carbocycles. The molecule has 108 valence electrons. The molecule has 1 unspecified atom stereocenters. The van der Waals surface area contributed by atoms with Gasteiger partial charge in [0.1, 0.15) is 11.9 Å². The van der Waals surface area contributed by atoms with Crippen LogP contribution in [0.25, 0.3) is 0 Å². The van der Waals surface area contributed by atoms with Gasteiger partial charge < -0.3 is 4.74 Å². The summed E-state index contributed by atoms with van der Waals surface area (Å²) in [6, 6.07) is 14.7. The largest absolute Gasteiger partial charge is 0.471 e. The van der Waals surface area contributed by atoms with Crippen LogP contribution in [-0.4, -0.2) is 24.3 Å². The maximum absolute atomic E-state index is 12.8. The number of halogens is 1. The normalized spacial score (nSPS) is 17.4. The average molecular weight is 301 g/mol. The maximum atomic E-state index is 12.8. The second kappa shape index (κ2) is 6.31. The number of rotatable bonds is 4. The van der Waals surface area contributed by atoms with Crippen LogP contribution in [0.3, 0.4) is 0 Å². The minimum atomic E-state index is -0.207. The first-order valence-electron chi connectivity index (χ1n) is 6.87. The number of hydrogen-bond acceptors (Lipinski definition) is 3. The molecule has 0 spiro atoms. The summed E-state index contributed by atoms with van der Waals surface area (Å²) < 4.78 is 18.7. The Morgan fingerprint density at radius 1 is 1.14 bits per heavy atom. The smallest absolute Gasteiger partial charge is 0.216 e. The molecule has 0 bridgehead atoms. The van der Waals surface area contributed by atoms with Crippen molar-refractivity contribution in [1.29, 1.82) is 0 Å². The first-order valence-corrected chi connectivity index (χ1v) is 7.86. The molecule has 0 N–H and O–H groups in total. The number of aliphatic imine (C=N–C) groups is 1. The highest BCUT2D eigenvalue weighted by atomic mass is 32.2. The Kier molecular flexibility index (Phi) is 4.25. The minimum Gasteiger partial charge on any atom is -0.471 e. The molecule has 2 aromatic rings. The molecule has 0 saturated heterocycles. The lowest BCUT2D eigenvalue weighted by atomic mass is 10.1. The van der Waals surface area contributed by atoms with Crippen LogP contribution >= 0.6 is 11.8 Å². The Labute approximate surface area is 128 Å². The van der Waals surface area contributed by atoms with Crippen LogP contribution in [0.5, 0.6) is 0 Å². The number of nitrogens with zero attached hydrogens (tertiary/aromatic N) is 1. The third-order valence-electron chi connectivity index (χ3n) is 3.26. The Hall–Kier alpha value is -1.81. The van der Waals surface area contributed by atoms with E-state index in [1.54, 1.807) is 23.9 Å². The second-order valence-electron chi connectivity index (χ2n) is 5.02. The molecule has 2 nitrogen and oxygen atoms in total. The summed E-state index contributed by atoms with van der Waals surface area (Å²) >= 11 is 1.66. The highest BCUT2D eigenvalue weighted by molar-refractivity contribution is 7.99. The Morgan fingerprint density at radius 2 is 1.86 bits per heavy atom. The van der Waals surface area contributed by atoms with Gasteiger partial charge in [0.2, 0.25) is 5.90 Å². The standard InChI is InChI=1S/C17H16FNOS/c1-12-2-4-13(5-3-12)17-19-10-15(20-17)11-21-16-8-6-14(18)7-9-16/h2-9,15H,10-11H2,1H3. The molecular formula is C17H16FNOS. The zero-order valence-electron chi connectivity index (χ0n) is 11.8. The van der Waals surface area contributed by atoms with E-state index in [0.29, 0.717) is 6.54 Å². The lowest BCUT2D eigenvalue weighted by Crippen LogP contribution is -2.16. The first kappa shape index (κ1) is 14.1. The summed E-state index contributed by atoms with van der Waals surface area (Å²) in [5.74, 6) is 1.32. The molecule has 0 amide bonds. The molecule has 0 fully saturated rings. The Morgan fingerprint density at radius 3 is 2.57 bits per heavy atom. The molecule has 1 aliphatic rings. The zero-order valence-corrected chi connectivity index (χ0v) is 12.6. The summed E-state index contributed by atoms with van der Waals surface area (Å²) in [4.78, 5) is 5.51. The molecule has 21 heavy (non-hydrogen) atoms. The summed E-state index contributed by atoms with van der Waals surface area (Å²) in [5.41, 5.74) is 2.25. The lowest BCUT2D eigenvalue weighted by Gasteiger charge is -2.11. The van der Waals surface area contributed by atoms with Gasteiger partial charge in [0, 0.05) is 16.2 Å². The van der Waals surface area contributed by atoms with Crippen molar-refractivity contribution in [3.63, 3.8) is 0 Å². The zero-order chi connectivity index (χ0) is 14.7. The van der Waals surface area contributed by atoms with Crippen LogP contribution < -0.4 is 0 Å². The number of aryl methyl sites for hydroxylation is 1. The van der Waals surface area contributed by atoms with Gasteiger partial charge in [-0.1, -0.05) is 17.7 Å². The van der Waals surface area contributed by atoms with Gasteiger partial charge in [0.25, 0.3) is 0 Å². The average Bonchev–Trinajstić information content (AvgIpc) is 2.96. The fraction of sp³-hybridized carbons (Fsp3) is 0.235. The van der Waals surface area contributed by atoms with E-state index in [1.165, 1.54) is 17.7 Å². The summed E-state index contributed by atoms with van der Waals surface area (Å²) in [6.07, 6.45) is 0.0800. The van der Waals surface area contributed by atoms with E-state index in [9.17, 15) is 4.39 Å². The van der Waals surface area contributed by atoms with Gasteiger partial charge in [-0.3, -0.25) is 0 Å². The van der Waals surface area contributed by atoms with Gasteiger partial charge >= 0.3 is 0 Å². The van der Waals surface area contributed by atoms with E-state index in [2.05, 4.69) is 24.0 Å². The van der Waals surface area contributed by atoms with Crippen LogP contribution in [0.1, 0.15) is 11.1 Å². The van der Waals surface area contributed by atoms with Gasteiger partial charge in [-0.15, -0.1) is 11.8 Å². The van der Waals surface area contributed by atoms with Crippen molar-refractivity contribution < 1.29 is 9.13 Å². The predicted octanol–water partition coefficient (Wildman–Crippen LogP) is 4.07. The van der Waals surface area contributed by atoms with Crippen LogP contribution in [0.15, 0.2) is 58.4 Å². The number of thioether (sulfide) groups is 1. The number of ether oxygens (including phenoxy) is 1. The van der Waals surface area contributed by atoms with Crippen molar-refractivity contribution in [3.05, 3.63) is 65.5 Å². The molecular weight excluding hydrogens is 285 g/mol. The van der Waals surface area contributed by atoms with Crippen LogP contribution in [0.4, 0.5) is 4.39 Å². The Balaban J connectivity index is 1.54. The number of benzene rings is 2. The van der Waals surface area contributed by atoms with Crippen molar-refractivity contribution in [2.75, 3.05) is 12.3 Å². The third-order valence-corrected chi connectivity index (χ3v) is 4.41. The van der Waals surface area contributed by atoms with E-state index in [-0.39, 0.29) is 11.9 Å². The van der Waals surface area contributed by atoms with Crippen LogP contribution in [-0.2, 0) is 4.74 Å². The van der Waals surface area contributed by atoms with Crippen LogP contribution in [0.2, 0.25) is 0 Å². The van der Waals surface area contributed by atoms with Gasteiger partial charge in [-0.05, 0) is 43.3 Å². The van der Waals surface area contributed by atoms with E-state index in [0.717, 1.165) is 22.1 Å². The lowest BCUT2D eigenvalue weighted by molar-refractivity contribution is 0.251. The number of hydrogen-bond donors (Lipinski definition) is 0. The van der Waals surface area contributed by atoms with Crippen molar-refractivity contribution >= 4 is 17.7 Å². The molecule has 0 radical (unpaired) electrons. The molecule has 1 aliphatic heterocycles. The highest BCUT2D eigenvalue weighted by Gasteiger charge is 2.21. The van der Waals surface area contributed by atoms with Crippen molar-refractivity contribution in [2.24, 2.45) is 4.99 Å². The van der Waals surface area contributed by atoms with Crippen molar-refractivity contribution in [3.8, 4) is 0 Å². The fourth-order valence-corrected chi connectivity index (χ4v) is 2.96. The van der Waals surface area contributed by atoms with E-state index >= 15 is 0 Å². The van der Waals surface area contributed by atoms with Crippen LogP contribution in [0, 0.1) is 12.7 Å². The predicted molar refractivity (Wildman–Crippen MR) is 84.6 cm³/mol. The van der Waals surface area contributed by atoms with Gasteiger partial charge in [-0.2, -0.15) is 0 Å². The van der Waals surface area contributed by atoms with Crippen molar-refractivity contribution in [2.45, 2.75) is 17.9 Å². The second-order valence-corrected chi connectivity index (χ2v) is 6.11. The Bertz CT molecular complexity index is 637. The topological polar surface area (TPSA) is 21.6 Å². The monoisotopic (exact) mass is 301 g/mol. The van der Waals surface area contributed by atoms with Gasteiger partial charge in [0.15, 0.2) is 0 Å². The fourth-order valence-electron chi connectivity index (χ4n) is 2.08. The first-order chi connectivity index (χ1) is 10.2. The summed E-state index contributed by atoms with van der Waals surface area (Å²) in [6.45, 7) is 2.74.